The molecule has 0 aliphatic carbocycles. The lowest BCUT2D eigenvalue weighted by Crippen LogP contribution is -1.92. The summed E-state index contributed by atoms with van der Waals surface area (Å²) in [5.41, 5.74) is 10.5. The molecule has 268 valence electrons. The number of benzene rings is 11. The SMILES string of the molecule is c1ccc2c(-c3c4cccc(-c5cccc6c5oc5c7ccccc7ccc65)c4cc4c(-c5cccc6c5oc5c7ccccc7ccc65)cccc34)cccc2c1. The molecule has 0 fully saturated rings. The fraction of sp³-hybridized carbons (Fsp3) is 0. The molecule has 2 nitrogen and oxygen atoms in total. The zero-order chi connectivity index (χ0) is 37.9. The molecule has 0 radical (unpaired) electrons. The van der Waals surface area contributed by atoms with Crippen molar-refractivity contribution >= 4 is 97.7 Å². The maximum absolute atomic E-state index is 6.95. The first-order chi connectivity index (χ1) is 28.8. The van der Waals surface area contributed by atoms with E-state index in [0.717, 1.165) is 76.9 Å². The smallest absolute Gasteiger partial charge is 0.143 e. The maximum atomic E-state index is 6.95. The average molecular weight is 737 g/mol. The van der Waals surface area contributed by atoms with Crippen LogP contribution in [0.25, 0.3) is 131 Å². The Morgan fingerprint density at radius 2 is 0.569 bits per heavy atom. The monoisotopic (exact) mass is 736 g/mol. The van der Waals surface area contributed by atoms with Gasteiger partial charge in [-0.1, -0.05) is 176 Å². The minimum absolute atomic E-state index is 0.903. The lowest BCUT2D eigenvalue weighted by molar-refractivity contribution is 0.673. The van der Waals surface area contributed by atoms with Crippen LogP contribution in [0.5, 0.6) is 0 Å². The van der Waals surface area contributed by atoms with Crippen molar-refractivity contribution in [3.05, 3.63) is 194 Å². The Hall–Kier alpha value is -7.68. The molecular weight excluding hydrogens is 705 g/mol. The second-order valence-electron chi connectivity index (χ2n) is 15.5. The molecule has 0 bridgehead atoms. The van der Waals surface area contributed by atoms with E-state index in [0.29, 0.717) is 0 Å². The number of para-hydroxylation sites is 2. The van der Waals surface area contributed by atoms with E-state index in [1.807, 2.05) is 0 Å². The van der Waals surface area contributed by atoms with E-state index >= 15 is 0 Å². The largest absolute Gasteiger partial charge is 0.455 e. The highest BCUT2D eigenvalue weighted by atomic mass is 16.3. The minimum Gasteiger partial charge on any atom is -0.455 e. The van der Waals surface area contributed by atoms with Gasteiger partial charge in [0.05, 0.1) is 0 Å². The molecule has 0 amide bonds. The van der Waals surface area contributed by atoms with Gasteiger partial charge in [-0.05, 0) is 83.5 Å². The van der Waals surface area contributed by atoms with Gasteiger partial charge in [-0.3, -0.25) is 0 Å². The molecule has 0 unspecified atom stereocenters. The van der Waals surface area contributed by atoms with Crippen molar-refractivity contribution in [2.75, 3.05) is 0 Å². The van der Waals surface area contributed by atoms with E-state index < -0.39 is 0 Å². The summed E-state index contributed by atoms with van der Waals surface area (Å²) < 4.78 is 13.9. The van der Waals surface area contributed by atoms with Crippen LogP contribution in [-0.4, -0.2) is 0 Å². The molecule has 0 atom stereocenters. The maximum Gasteiger partial charge on any atom is 0.143 e. The zero-order valence-electron chi connectivity index (χ0n) is 31.3. The number of furan rings is 2. The third kappa shape index (κ3) is 4.37. The highest BCUT2D eigenvalue weighted by molar-refractivity contribution is 6.25. The molecule has 0 aliphatic rings. The third-order valence-corrected chi connectivity index (χ3v) is 12.5. The standard InChI is InChI=1S/C56H32O2/c1-4-16-36-33(12-1)15-7-21-41(36)52-42-22-8-19-39(44-24-10-26-46-48-30-28-34-13-2-5-17-37(34)53(48)57-55(44)46)50(42)32-51-40(20-9-23-43(51)52)45-25-11-27-47-49-31-29-35-14-3-6-18-38(35)54(49)58-56(45)47/h1-32H. The number of rotatable bonds is 3. The van der Waals surface area contributed by atoms with Gasteiger partial charge in [0.2, 0.25) is 0 Å². The van der Waals surface area contributed by atoms with Crippen molar-refractivity contribution in [1.29, 1.82) is 0 Å². The average Bonchev–Trinajstić information content (AvgIpc) is 3.87. The van der Waals surface area contributed by atoms with Gasteiger partial charge in [-0.15, -0.1) is 0 Å². The highest BCUT2D eigenvalue weighted by Crippen LogP contribution is 2.48. The van der Waals surface area contributed by atoms with E-state index in [1.165, 1.54) is 54.2 Å². The number of fused-ring (bicyclic) bond motifs is 13. The van der Waals surface area contributed by atoms with Crippen LogP contribution in [0.1, 0.15) is 0 Å². The molecule has 0 spiro atoms. The second kappa shape index (κ2) is 11.9. The Labute approximate surface area is 332 Å². The topological polar surface area (TPSA) is 26.3 Å². The Bertz CT molecular complexity index is 3640. The first-order valence-electron chi connectivity index (χ1n) is 19.9. The summed E-state index contributed by atoms with van der Waals surface area (Å²) >= 11 is 0. The van der Waals surface area contributed by atoms with Gasteiger partial charge in [0.15, 0.2) is 0 Å². The van der Waals surface area contributed by atoms with Crippen LogP contribution in [0.4, 0.5) is 0 Å². The van der Waals surface area contributed by atoms with Crippen LogP contribution in [0.2, 0.25) is 0 Å². The quantitative estimate of drug-likeness (QED) is 0.169. The van der Waals surface area contributed by atoms with Crippen LogP contribution in [0, 0.1) is 0 Å². The predicted molar refractivity (Wildman–Crippen MR) is 245 cm³/mol. The Balaban J connectivity index is 1.16. The molecule has 0 saturated heterocycles. The summed E-state index contributed by atoms with van der Waals surface area (Å²) in [5.74, 6) is 0. The van der Waals surface area contributed by atoms with Crippen LogP contribution in [0.3, 0.4) is 0 Å². The molecule has 0 aliphatic heterocycles. The summed E-state index contributed by atoms with van der Waals surface area (Å²) in [4.78, 5) is 0. The summed E-state index contributed by atoms with van der Waals surface area (Å²) in [7, 11) is 0. The highest BCUT2D eigenvalue weighted by Gasteiger charge is 2.22. The number of hydrogen-bond acceptors (Lipinski definition) is 2. The van der Waals surface area contributed by atoms with Gasteiger partial charge >= 0.3 is 0 Å². The molecule has 0 saturated carbocycles. The van der Waals surface area contributed by atoms with Crippen molar-refractivity contribution < 1.29 is 8.83 Å². The van der Waals surface area contributed by atoms with Gasteiger partial charge in [-0.25, -0.2) is 0 Å². The van der Waals surface area contributed by atoms with Gasteiger partial charge in [-0.2, -0.15) is 0 Å². The van der Waals surface area contributed by atoms with Crippen molar-refractivity contribution in [1.82, 2.24) is 0 Å². The second-order valence-corrected chi connectivity index (χ2v) is 15.5. The first-order valence-corrected chi connectivity index (χ1v) is 19.9. The van der Waals surface area contributed by atoms with Crippen molar-refractivity contribution in [2.45, 2.75) is 0 Å². The predicted octanol–water partition coefficient (Wildman–Crippen LogP) is 16.3. The molecule has 11 aromatic carbocycles. The molecule has 58 heavy (non-hydrogen) atoms. The van der Waals surface area contributed by atoms with Crippen LogP contribution in [-0.2, 0) is 0 Å². The molecule has 2 aromatic heterocycles. The van der Waals surface area contributed by atoms with Crippen molar-refractivity contribution in [3.63, 3.8) is 0 Å². The van der Waals surface area contributed by atoms with E-state index in [-0.39, 0.29) is 0 Å². The zero-order valence-corrected chi connectivity index (χ0v) is 31.3. The minimum atomic E-state index is 0.903. The van der Waals surface area contributed by atoms with Crippen molar-refractivity contribution in [2.24, 2.45) is 0 Å². The van der Waals surface area contributed by atoms with Gasteiger partial charge in [0.1, 0.15) is 22.3 Å². The summed E-state index contributed by atoms with van der Waals surface area (Å²) in [6.07, 6.45) is 0. The van der Waals surface area contributed by atoms with Crippen LogP contribution in [0.15, 0.2) is 203 Å². The Morgan fingerprint density at radius 1 is 0.207 bits per heavy atom. The van der Waals surface area contributed by atoms with Gasteiger partial charge in [0.25, 0.3) is 0 Å². The summed E-state index contributed by atoms with van der Waals surface area (Å²) in [5, 5.41) is 16.3. The molecule has 2 heterocycles. The van der Waals surface area contributed by atoms with E-state index in [2.05, 4.69) is 194 Å². The van der Waals surface area contributed by atoms with E-state index in [1.54, 1.807) is 0 Å². The fourth-order valence-electron chi connectivity index (χ4n) is 9.85. The molecule has 13 aromatic rings. The lowest BCUT2D eigenvalue weighted by Gasteiger charge is -2.18. The number of hydrogen-bond donors (Lipinski definition) is 0. The summed E-state index contributed by atoms with van der Waals surface area (Å²) in [6, 6.07) is 70.3. The molecule has 2 heteroatoms. The van der Waals surface area contributed by atoms with E-state index in [9.17, 15) is 0 Å². The lowest BCUT2D eigenvalue weighted by atomic mass is 9.85. The van der Waals surface area contributed by atoms with Gasteiger partial charge in [0, 0.05) is 43.4 Å². The van der Waals surface area contributed by atoms with E-state index in [4.69, 9.17) is 8.83 Å². The fourth-order valence-corrected chi connectivity index (χ4v) is 9.85. The van der Waals surface area contributed by atoms with Crippen LogP contribution < -0.4 is 0 Å². The van der Waals surface area contributed by atoms with Crippen molar-refractivity contribution in [3.8, 4) is 33.4 Å². The molecular formula is C56H32O2. The first kappa shape index (κ1) is 31.5. The molecule has 13 rings (SSSR count). The summed E-state index contributed by atoms with van der Waals surface area (Å²) in [6.45, 7) is 0. The van der Waals surface area contributed by atoms with Gasteiger partial charge < -0.3 is 8.83 Å². The van der Waals surface area contributed by atoms with Crippen LogP contribution >= 0.6 is 0 Å². The molecule has 0 N–H and O–H groups in total. The Kier molecular flexibility index (Phi) is 6.47. The third-order valence-electron chi connectivity index (χ3n) is 12.5. The normalized spacial score (nSPS) is 12.1. The Morgan fingerprint density at radius 3 is 1.10 bits per heavy atom.